The van der Waals surface area contributed by atoms with E-state index in [-0.39, 0.29) is 6.54 Å². The molecule has 0 aliphatic rings. The van der Waals surface area contributed by atoms with Crippen molar-refractivity contribution in [1.29, 1.82) is 0 Å². The zero-order valence-corrected chi connectivity index (χ0v) is 16.1. The van der Waals surface area contributed by atoms with Crippen molar-refractivity contribution < 1.29 is 26.4 Å². The lowest BCUT2D eigenvalue weighted by molar-refractivity contribution is -0.137. The van der Waals surface area contributed by atoms with E-state index in [1.807, 2.05) is 41.9 Å². The van der Waals surface area contributed by atoms with Crippen LogP contribution < -0.4 is 14.9 Å². The molecule has 152 valence electrons. The summed E-state index contributed by atoms with van der Waals surface area (Å²) in [5.41, 5.74) is 0.679. The lowest BCUT2D eigenvalue weighted by Gasteiger charge is -2.14. The Hall–Kier alpha value is -2.59. The van der Waals surface area contributed by atoms with E-state index in [9.17, 15) is 26.4 Å². The topological polar surface area (TPSA) is 78.5 Å². The van der Waals surface area contributed by atoms with Crippen LogP contribution in [0.3, 0.4) is 0 Å². The van der Waals surface area contributed by atoms with Gasteiger partial charge in [-0.2, -0.15) is 13.2 Å². The van der Waals surface area contributed by atoms with Gasteiger partial charge in [-0.25, -0.2) is 13.1 Å². The quantitative estimate of drug-likeness (QED) is 0.728. The third kappa shape index (κ3) is 5.96. The van der Waals surface area contributed by atoms with E-state index in [0.717, 1.165) is 29.4 Å². The van der Waals surface area contributed by atoms with Crippen molar-refractivity contribution in [2.45, 2.75) is 17.6 Å². The summed E-state index contributed by atoms with van der Waals surface area (Å²) in [5, 5.41) is 2.56. The molecule has 10 heteroatoms. The van der Waals surface area contributed by atoms with E-state index in [1.165, 1.54) is 0 Å². The number of alkyl halides is 3. The van der Waals surface area contributed by atoms with Crippen molar-refractivity contribution >= 4 is 21.6 Å². The summed E-state index contributed by atoms with van der Waals surface area (Å²) in [7, 11) is -0.506. The van der Waals surface area contributed by atoms with Gasteiger partial charge in [0, 0.05) is 26.3 Å². The molecule has 0 fully saturated rings. The molecular formula is C18H20F3N3O3S. The average molecular weight is 415 g/mol. The highest BCUT2D eigenvalue weighted by Gasteiger charge is 2.31. The normalized spacial score (nSPS) is 11.9. The molecule has 0 atom stereocenters. The number of hydrogen-bond donors (Lipinski definition) is 2. The Morgan fingerprint density at radius 2 is 1.75 bits per heavy atom. The summed E-state index contributed by atoms with van der Waals surface area (Å²) in [6.45, 7) is -0.405. The lowest BCUT2D eigenvalue weighted by atomic mass is 10.2. The minimum Gasteiger partial charge on any atom is -0.378 e. The molecule has 0 bridgehead atoms. The van der Waals surface area contributed by atoms with Crippen LogP contribution in [0.2, 0.25) is 0 Å². The first-order valence-corrected chi connectivity index (χ1v) is 9.67. The fourth-order valence-corrected chi connectivity index (χ4v) is 3.32. The second-order valence-electron chi connectivity index (χ2n) is 6.19. The van der Waals surface area contributed by atoms with Crippen LogP contribution >= 0.6 is 0 Å². The molecular weight excluding hydrogens is 395 g/mol. The monoisotopic (exact) mass is 415 g/mol. The zero-order chi connectivity index (χ0) is 20.9. The van der Waals surface area contributed by atoms with Crippen molar-refractivity contribution in [2.24, 2.45) is 0 Å². The van der Waals surface area contributed by atoms with Crippen LogP contribution in [-0.2, 0) is 27.5 Å². The Kier molecular flexibility index (Phi) is 6.68. The van der Waals surface area contributed by atoms with E-state index >= 15 is 0 Å². The van der Waals surface area contributed by atoms with Gasteiger partial charge in [-0.1, -0.05) is 18.2 Å². The van der Waals surface area contributed by atoms with Gasteiger partial charge in [0.1, 0.15) is 0 Å². The Morgan fingerprint density at radius 3 is 2.39 bits per heavy atom. The summed E-state index contributed by atoms with van der Waals surface area (Å²) in [4.78, 5) is 13.2. The van der Waals surface area contributed by atoms with Crippen LogP contribution in [0.25, 0.3) is 0 Å². The summed E-state index contributed by atoms with van der Waals surface area (Å²) in [6.07, 6.45) is -4.66. The summed E-state index contributed by atoms with van der Waals surface area (Å²) >= 11 is 0. The maximum Gasteiger partial charge on any atom is 0.416 e. The third-order valence-corrected chi connectivity index (χ3v) is 5.21. The molecule has 0 aliphatic carbocycles. The first kappa shape index (κ1) is 21.7. The number of amides is 1. The predicted octanol–water partition coefficient (Wildman–Crippen LogP) is 2.37. The summed E-state index contributed by atoms with van der Waals surface area (Å²) in [5.74, 6) is -0.606. The molecule has 0 heterocycles. The molecule has 0 aliphatic heterocycles. The summed E-state index contributed by atoms with van der Waals surface area (Å²) < 4.78 is 64.5. The van der Waals surface area contributed by atoms with Crippen LogP contribution in [0.5, 0.6) is 0 Å². The number of nitrogens with zero attached hydrogens (tertiary/aromatic N) is 1. The standard InChI is InChI=1S/C18H20F3N3O3S/c1-24(2)15-7-3-5-13(9-15)11-22-17(25)12-23-28(26,27)16-8-4-6-14(10-16)18(19,20)21/h3-10,23H,11-12H2,1-2H3,(H,22,25). The highest BCUT2D eigenvalue weighted by atomic mass is 32.2. The van der Waals surface area contributed by atoms with Crippen molar-refractivity contribution in [2.75, 3.05) is 25.5 Å². The number of carbonyl (C=O) groups is 1. The average Bonchev–Trinajstić information content (AvgIpc) is 2.64. The molecule has 0 saturated carbocycles. The number of nitrogens with one attached hydrogen (secondary N) is 2. The number of benzene rings is 2. The largest absolute Gasteiger partial charge is 0.416 e. The van der Waals surface area contributed by atoms with Gasteiger partial charge in [-0.05, 0) is 35.9 Å². The van der Waals surface area contributed by atoms with E-state index in [2.05, 4.69) is 5.32 Å². The number of hydrogen-bond acceptors (Lipinski definition) is 4. The Balaban J connectivity index is 1.96. The minimum atomic E-state index is -4.66. The van der Waals surface area contributed by atoms with E-state index in [4.69, 9.17) is 0 Å². The van der Waals surface area contributed by atoms with Gasteiger partial charge < -0.3 is 10.2 Å². The van der Waals surface area contributed by atoms with Gasteiger partial charge in [-0.15, -0.1) is 0 Å². The first-order valence-electron chi connectivity index (χ1n) is 8.19. The zero-order valence-electron chi connectivity index (χ0n) is 15.2. The molecule has 2 aromatic rings. The molecule has 0 spiro atoms. The van der Waals surface area contributed by atoms with Crippen molar-refractivity contribution in [3.8, 4) is 0 Å². The van der Waals surface area contributed by atoms with Crippen LogP contribution in [-0.4, -0.2) is 35.0 Å². The van der Waals surface area contributed by atoms with E-state index in [1.54, 1.807) is 6.07 Å². The highest BCUT2D eigenvalue weighted by molar-refractivity contribution is 7.89. The first-order chi connectivity index (χ1) is 13.0. The molecule has 2 N–H and O–H groups in total. The minimum absolute atomic E-state index is 0.186. The molecule has 2 aromatic carbocycles. The fourth-order valence-electron chi connectivity index (χ4n) is 2.29. The van der Waals surface area contributed by atoms with Gasteiger partial charge in [-0.3, -0.25) is 4.79 Å². The Morgan fingerprint density at radius 1 is 1.07 bits per heavy atom. The van der Waals surface area contributed by atoms with Gasteiger partial charge in [0.15, 0.2) is 0 Å². The molecule has 28 heavy (non-hydrogen) atoms. The second kappa shape index (κ2) is 8.61. The maximum absolute atomic E-state index is 12.7. The summed E-state index contributed by atoms with van der Waals surface area (Å²) in [6, 6.07) is 10.7. The number of rotatable bonds is 7. The van der Waals surface area contributed by atoms with Gasteiger partial charge in [0.25, 0.3) is 0 Å². The number of anilines is 1. The number of sulfonamides is 1. The molecule has 2 rings (SSSR count). The number of halogens is 3. The highest BCUT2D eigenvalue weighted by Crippen LogP contribution is 2.30. The van der Waals surface area contributed by atoms with Crippen LogP contribution in [0.4, 0.5) is 18.9 Å². The molecule has 0 aromatic heterocycles. The van der Waals surface area contributed by atoms with Crippen molar-refractivity contribution in [3.63, 3.8) is 0 Å². The van der Waals surface area contributed by atoms with Crippen molar-refractivity contribution in [3.05, 3.63) is 59.7 Å². The van der Waals surface area contributed by atoms with Gasteiger partial charge in [0.2, 0.25) is 15.9 Å². The van der Waals surface area contributed by atoms with Gasteiger partial charge >= 0.3 is 6.18 Å². The van der Waals surface area contributed by atoms with Crippen LogP contribution in [0, 0.1) is 0 Å². The van der Waals surface area contributed by atoms with E-state index in [0.29, 0.717) is 6.07 Å². The molecule has 1 amide bonds. The third-order valence-electron chi connectivity index (χ3n) is 3.81. The van der Waals surface area contributed by atoms with Gasteiger partial charge in [0.05, 0.1) is 17.0 Å². The number of carbonyl (C=O) groups excluding carboxylic acids is 1. The van der Waals surface area contributed by atoms with E-state index < -0.39 is 39.1 Å². The molecule has 6 nitrogen and oxygen atoms in total. The Bertz CT molecular complexity index is 944. The Labute approximate surface area is 161 Å². The second-order valence-corrected chi connectivity index (χ2v) is 7.96. The fraction of sp³-hybridized carbons (Fsp3) is 0.278. The van der Waals surface area contributed by atoms with Crippen LogP contribution in [0.1, 0.15) is 11.1 Å². The maximum atomic E-state index is 12.7. The SMILES string of the molecule is CN(C)c1cccc(CNC(=O)CNS(=O)(=O)c2cccc(C(F)(F)F)c2)c1. The molecule has 0 unspecified atom stereocenters. The predicted molar refractivity (Wildman–Crippen MR) is 99.2 cm³/mol. The van der Waals surface area contributed by atoms with Crippen molar-refractivity contribution in [1.82, 2.24) is 10.0 Å². The molecule has 0 radical (unpaired) electrons. The lowest BCUT2D eigenvalue weighted by Crippen LogP contribution is -2.36. The smallest absolute Gasteiger partial charge is 0.378 e. The molecule has 0 saturated heterocycles. The van der Waals surface area contributed by atoms with Crippen LogP contribution in [0.15, 0.2) is 53.4 Å².